The van der Waals surface area contributed by atoms with Gasteiger partial charge in [0.15, 0.2) is 6.29 Å². The molecule has 0 radical (unpaired) electrons. The summed E-state index contributed by atoms with van der Waals surface area (Å²) in [6, 6.07) is 20.0. The molecule has 1 atom stereocenters. The normalized spacial score (nSPS) is 11.9. The molecule has 6 heteroatoms. The molecular weight excluding hydrogens is 423 g/mol. The summed E-state index contributed by atoms with van der Waals surface area (Å²) in [6.07, 6.45) is -1.13. The van der Waals surface area contributed by atoms with Crippen molar-refractivity contribution in [2.75, 3.05) is 26.4 Å². The van der Waals surface area contributed by atoms with Gasteiger partial charge in [0, 0.05) is 5.56 Å². The summed E-state index contributed by atoms with van der Waals surface area (Å²) < 4.78 is 31.6. The fourth-order valence-electron chi connectivity index (χ4n) is 3.28. The minimum Gasteiger partial charge on any atom is -0.491 e. The molecule has 1 unspecified atom stereocenters. The van der Waals surface area contributed by atoms with E-state index in [2.05, 4.69) is 6.58 Å². The van der Waals surface area contributed by atoms with Gasteiger partial charge in [0.2, 0.25) is 0 Å². The molecule has 0 fully saturated rings. The highest BCUT2D eigenvalue weighted by atomic mass is 19.1. The molecular formula is C27H29FO5. The minimum absolute atomic E-state index is 0.0431. The van der Waals surface area contributed by atoms with E-state index in [1.165, 1.54) is 6.07 Å². The third-order valence-electron chi connectivity index (χ3n) is 4.99. The second-order valence-corrected chi connectivity index (χ2v) is 7.57. The Kier molecular flexibility index (Phi) is 9.15. The van der Waals surface area contributed by atoms with Gasteiger partial charge < -0.3 is 24.4 Å². The molecule has 0 spiro atoms. The van der Waals surface area contributed by atoms with Crippen LogP contribution in [0.25, 0.3) is 22.3 Å². The maximum Gasteiger partial charge on any atom is 0.176 e. The lowest BCUT2D eigenvalue weighted by Crippen LogP contribution is -2.13. The van der Waals surface area contributed by atoms with Gasteiger partial charge in [-0.1, -0.05) is 55.1 Å². The quantitative estimate of drug-likeness (QED) is 0.231. The van der Waals surface area contributed by atoms with Gasteiger partial charge in [-0.25, -0.2) is 4.39 Å². The Balaban J connectivity index is 1.86. The summed E-state index contributed by atoms with van der Waals surface area (Å²) in [5.74, 6) is 0.209. The number of hydrogen-bond donors (Lipinski definition) is 2. The van der Waals surface area contributed by atoms with E-state index in [1.807, 2.05) is 36.4 Å². The highest BCUT2D eigenvalue weighted by molar-refractivity contribution is 5.73. The maximum atomic E-state index is 15.2. The molecule has 0 aromatic heterocycles. The van der Waals surface area contributed by atoms with Crippen molar-refractivity contribution in [3.63, 3.8) is 0 Å². The third-order valence-corrected chi connectivity index (χ3v) is 4.99. The van der Waals surface area contributed by atoms with Crippen LogP contribution < -0.4 is 4.74 Å². The van der Waals surface area contributed by atoms with Gasteiger partial charge in [0.05, 0.1) is 26.4 Å². The smallest absolute Gasteiger partial charge is 0.176 e. The molecule has 0 bridgehead atoms. The van der Waals surface area contributed by atoms with E-state index in [-0.39, 0.29) is 25.6 Å². The zero-order chi connectivity index (χ0) is 23.6. The van der Waals surface area contributed by atoms with Crippen LogP contribution >= 0.6 is 0 Å². The molecule has 3 aromatic rings. The molecule has 0 aliphatic heterocycles. The first kappa shape index (κ1) is 24.6. The molecule has 3 rings (SSSR count). The van der Waals surface area contributed by atoms with Crippen molar-refractivity contribution >= 4 is 0 Å². The van der Waals surface area contributed by atoms with Crippen molar-refractivity contribution in [1.29, 1.82) is 0 Å². The van der Waals surface area contributed by atoms with E-state index in [4.69, 9.17) is 19.3 Å². The van der Waals surface area contributed by atoms with Crippen LogP contribution in [0.15, 0.2) is 78.9 Å². The van der Waals surface area contributed by atoms with Crippen molar-refractivity contribution in [1.82, 2.24) is 0 Å². The number of halogens is 1. The highest BCUT2D eigenvalue weighted by Crippen LogP contribution is 2.33. The van der Waals surface area contributed by atoms with Crippen LogP contribution in [0.4, 0.5) is 4.39 Å². The molecule has 0 saturated carbocycles. The summed E-state index contributed by atoms with van der Waals surface area (Å²) in [5.41, 5.74) is 3.93. The Morgan fingerprint density at radius 3 is 2.39 bits per heavy atom. The van der Waals surface area contributed by atoms with Crippen LogP contribution in [0.3, 0.4) is 0 Å². The van der Waals surface area contributed by atoms with E-state index < -0.39 is 6.29 Å². The summed E-state index contributed by atoms with van der Waals surface area (Å²) in [7, 11) is 0. The topological polar surface area (TPSA) is 68.2 Å². The lowest BCUT2D eigenvalue weighted by molar-refractivity contribution is -0.0807. The highest BCUT2D eigenvalue weighted by Gasteiger charge is 2.15. The molecule has 0 heterocycles. The van der Waals surface area contributed by atoms with Crippen LogP contribution in [0.5, 0.6) is 5.75 Å². The first-order valence-electron chi connectivity index (χ1n) is 10.7. The molecule has 33 heavy (non-hydrogen) atoms. The van der Waals surface area contributed by atoms with Gasteiger partial charge in [-0.15, -0.1) is 0 Å². The summed E-state index contributed by atoms with van der Waals surface area (Å²) in [6.45, 7) is 6.23. The first-order chi connectivity index (χ1) is 16.0. The van der Waals surface area contributed by atoms with Gasteiger partial charge in [0.1, 0.15) is 18.2 Å². The Morgan fingerprint density at radius 1 is 0.939 bits per heavy atom. The lowest BCUT2D eigenvalue weighted by Gasteiger charge is -2.17. The number of benzene rings is 3. The fourth-order valence-corrected chi connectivity index (χ4v) is 3.28. The lowest BCUT2D eigenvalue weighted by atomic mass is 9.96. The second-order valence-electron chi connectivity index (χ2n) is 7.57. The number of rotatable bonds is 12. The van der Waals surface area contributed by atoms with Crippen LogP contribution in [-0.2, 0) is 16.1 Å². The van der Waals surface area contributed by atoms with Gasteiger partial charge in [-0.2, -0.15) is 0 Å². The molecule has 2 N–H and O–H groups in total. The van der Waals surface area contributed by atoms with E-state index in [1.54, 1.807) is 31.2 Å². The predicted octanol–water partition coefficient (Wildman–Crippen LogP) is 4.96. The molecule has 0 saturated heterocycles. The standard InChI is InChI=1S/C27H29FO5/c1-19(2)27(30)33-18-22-16-23(32-15-14-31-13-12-29)9-11-24(22)25-10-8-21(17-26(25)28)20-6-4-3-5-7-20/h3-11,16-17,27,29-30H,1,12-15,18H2,2H3. The van der Waals surface area contributed by atoms with Crippen molar-refractivity contribution in [3.8, 4) is 28.0 Å². The SMILES string of the molecule is C=C(C)C(O)OCc1cc(OCCOCCO)ccc1-c1ccc(-c2ccccc2)cc1F. The number of hydrogen-bond acceptors (Lipinski definition) is 5. The summed E-state index contributed by atoms with van der Waals surface area (Å²) >= 11 is 0. The van der Waals surface area contributed by atoms with E-state index in [0.29, 0.717) is 41.2 Å². The van der Waals surface area contributed by atoms with Crippen molar-refractivity contribution in [2.24, 2.45) is 0 Å². The molecule has 0 aliphatic rings. The Bertz CT molecular complexity index is 1050. The zero-order valence-electron chi connectivity index (χ0n) is 18.7. The monoisotopic (exact) mass is 452 g/mol. The predicted molar refractivity (Wildman–Crippen MR) is 126 cm³/mol. The van der Waals surface area contributed by atoms with Gasteiger partial charge in [0.25, 0.3) is 0 Å². The van der Waals surface area contributed by atoms with Gasteiger partial charge in [-0.3, -0.25) is 0 Å². The largest absolute Gasteiger partial charge is 0.491 e. The van der Waals surface area contributed by atoms with Crippen molar-refractivity contribution < 1.29 is 28.8 Å². The Labute approximate surface area is 193 Å². The Morgan fingerprint density at radius 2 is 1.70 bits per heavy atom. The van der Waals surface area contributed by atoms with E-state index in [9.17, 15) is 5.11 Å². The molecule has 174 valence electrons. The van der Waals surface area contributed by atoms with Gasteiger partial charge in [-0.05, 0) is 52.9 Å². The van der Waals surface area contributed by atoms with Crippen molar-refractivity contribution in [3.05, 3.63) is 90.3 Å². The molecule has 0 aliphatic carbocycles. The van der Waals surface area contributed by atoms with Crippen LogP contribution in [0.1, 0.15) is 12.5 Å². The van der Waals surface area contributed by atoms with Crippen LogP contribution in [0.2, 0.25) is 0 Å². The Hall–Kier alpha value is -3.03. The average molecular weight is 453 g/mol. The van der Waals surface area contributed by atoms with Gasteiger partial charge >= 0.3 is 0 Å². The molecule has 3 aromatic carbocycles. The average Bonchev–Trinajstić information content (AvgIpc) is 2.83. The number of aliphatic hydroxyl groups excluding tert-OH is 2. The number of ether oxygens (including phenoxy) is 3. The second kappa shape index (κ2) is 12.3. The molecule has 5 nitrogen and oxygen atoms in total. The maximum absolute atomic E-state index is 15.2. The van der Waals surface area contributed by atoms with E-state index in [0.717, 1.165) is 11.1 Å². The minimum atomic E-state index is -1.13. The van der Waals surface area contributed by atoms with Crippen LogP contribution in [0, 0.1) is 5.82 Å². The summed E-state index contributed by atoms with van der Waals surface area (Å²) in [5, 5.41) is 18.8. The zero-order valence-corrected chi connectivity index (χ0v) is 18.7. The first-order valence-corrected chi connectivity index (χ1v) is 10.7. The molecule has 0 amide bonds. The van der Waals surface area contributed by atoms with Crippen LogP contribution in [-0.4, -0.2) is 42.9 Å². The van der Waals surface area contributed by atoms with E-state index >= 15 is 4.39 Å². The van der Waals surface area contributed by atoms with Crippen molar-refractivity contribution in [2.45, 2.75) is 19.8 Å². The number of aliphatic hydroxyl groups is 2. The fraction of sp³-hybridized carbons (Fsp3) is 0.259. The summed E-state index contributed by atoms with van der Waals surface area (Å²) in [4.78, 5) is 0. The third kappa shape index (κ3) is 6.97.